The number of amides is 2. The highest BCUT2D eigenvalue weighted by molar-refractivity contribution is 7.17. The number of anilines is 1. The van der Waals surface area contributed by atoms with Gasteiger partial charge in [0.2, 0.25) is 0 Å². The van der Waals surface area contributed by atoms with Gasteiger partial charge in [-0.1, -0.05) is 26.0 Å². The third kappa shape index (κ3) is 6.04. The zero-order valence-corrected chi connectivity index (χ0v) is 20.3. The third-order valence-corrected chi connectivity index (χ3v) is 6.36. The van der Waals surface area contributed by atoms with E-state index < -0.39 is 12.1 Å². The largest absolute Gasteiger partial charge is 0.484 e. The molecule has 0 radical (unpaired) electrons. The normalized spacial score (nSPS) is 12.8. The maximum atomic E-state index is 12.7. The van der Waals surface area contributed by atoms with Crippen LogP contribution >= 0.6 is 11.3 Å². The van der Waals surface area contributed by atoms with E-state index >= 15 is 0 Å². The topological polar surface area (TPSA) is 94.2 Å². The molecular formula is C24H30N2O6S. The average molecular weight is 475 g/mol. The van der Waals surface area contributed by atoms with Crippen LogP contribution in [-0.4, -0.2) is 49.2 Å². The van der Waals surface area contributed by atoms with Crippen molar-refractivity contribution < 1.29 is 28.6 Å². The molecule has 1 aromatic heterocycles. The molecule has 9 heteroatoms. The summed E-state index contributed by atoms with van der Waals surface area (Å²) in [6.45, 7) is 8.78. The fourth-order valence-electron chi connectivity index (χ4n) is 3.54. The molecule has 2 aromatic rings. The van der Waals surface area contributed by atoms with Crippen LogP contribution in [0.4, 0.5) is 9.80 Å². The molecule has 3 rings (SSSR count). The van der Waals surface area contributed by atoms with Crippen molar-refractivity contribution in [1.82, 2.24) is 4.90 Å². The van der Waals surface area contributed by atoms with Crippen LogP contribution in [0.5, 0.6) is 5.75 Å². The van der Waals surface area contributed by atoms with Crippen molar-refractivity contribution in [3.05, 3.63) is 45.8 Å². The molecule has 0 aliphatic carbocycles. The monoisotopic (exact) mass is 474 g/mol. The molecule has 1 aliphatic heterocycles. The Morgan fingerprint density at radius 1 is 1.09 bits per heavy atom. The second-order valence-corrected chi connectivity index (χ2v) is 8.96. The van der Waals surface area contributed by atoms with E-state index in [9.17, 15) is 14.4 Å². The van der Waals surface area contributed by atoms with Crippen LogP contribution < -0.4 is 10.1 Å². The minimum Gasteiger partial charge on any atom is -0.484 e. The molecule has 0 bridgehead atoms. The molecule has 1 aromatic carbocycles. The standard InChI is InChI=1S/C24H30N2O6S/c1-5-30-23(28)21-18-11-12-26(24(29)31-6-2)13-19(18)33-22(21)25-20(27)14-32-17-9-7-16(8-10-17)15(3)4/h7-10,15H,5-6,11-14H2,1-4H3,(H,25,27). The Morgan fingerprint density at radius 2 is 1.79 bits per heavy atom. The highest BCUT2D eigenvalue weighted by atomic mass is 32.1. The lowest BCUT2D eigenvalue weighted by Gasteiger charge is -2.26. The smallest absolute Gasteiger partial charge is 0.410 e. The van der Waals surface area contributed by atoms with Crippen molar-refractivity contribution in [2.75, 3.05) is 31.7 Å². The van der Waals surface area contributed by atoms with Gasteiger partial charge < -0.3 is 24.4 Å². The van der Waals surface area contributed by atoms with Gasteiger partial charge in [-0.05, 0) is 49.4 Å². The summed E-state index contributed by atoms with van der Waals surface area (Å²) in [7, 11) is 0. The summed E-state index contributed by atoms with van der Waals surface area (Å²) in [4.78, 5) is 39.8. The second kappa shape index (κ2) is 11.2. The van der Waals surface area contributed by atoms with Crippen LogP contribution in [0.3, 0.4) is 0 Å². The summed E-state index contributed by atoms with van der Waals surface area (Å²) < 4.78 is 15.9. The highest BCUT2D eigenvalue weighted by Crippen LogP contribution is 2.38. The summed E-state index contributed by atoms with van der Waals surface area (Å²) >= 11 is 1.27. The number of fused-ring (bicyclic) bond motifs is 1. The van der Waals surface area contributed by atoms with Crippen molar-refractivity contribution >= 4 is 34.3 Å². The first-order valence-electron chi connectivity index (χ1n) is 11.1. The molecule has 0 unspecified atom stereocenters. The molecule has 2 amide bonds. The van der Waals surface area contributed by atoms with Crippen LogP contribution in [0.1, 0.15) is 60.0 Å². The molecule has 1 N–H and O–H groups in total. The number of hydrogen-bond donors (Lipinski definition) is 1. The van der Waals surface area contributed by atoms with Crippen molar-refractivity contribution in [3.63, 3.8) is 0 Å². The molecular weight excluding hydrogens is 444 g/mol. The van der Waals surface area contributed by atoms with Gasteiger partial charge in [0, 0.05) is 11.4 Å². The molecule has 0 spiro atoms. The van der Waals surface area contributed by atoms with Gasteiger partial charge in [-0.2, -0.15) is 0 Å². The van der Waals surface area contributed by atoms with Crippen molar-refractivity contribution in [1.29, 1.82) is 0 Å². The zero-order valence-electron chi connectivity index (χ0n) is 19.4. The van der Waals surface area contributed by atoms with Crippen molar-refractivity contribution in [3.8, 4) is 5.75 Å². The summed E-state index contributed by atoms with van der Waals surface area (Å²) in [5.74, 6) is 0.137. The lowest BCUT2D eigenvalue weighted by atomic mass is 10.0. The summed E-state index contributed by atoms with van der Waals surface area (Å²) in [6, 6.07) is 7.61. The van der Waals surface area contributed by atoms with Gasteiger partial charge in [0.05, 0.1) is 25.3 Å². The minimum absolute atomic E-state index is 0.194. The van der Waals surface area contributed by atoms with Crippen LogP contribution in [0.25, 0.3) is 0 Å². The quantitative estimate of drug-likeness (QED) is 0.563. The number of hydrogen-bond acceptors (Lipinski definition) is 7. The predicted molar refractivity (Wildman–Crippen MR) is 126 cm³/mol. The number of carbonyl (C=O) groups is 3. The van der Waals surface area contributed by atoms with Crippen LogP contribution in [-0.2, 0) is 27.2 Å². The van der Waals surface area contributed by atoms with E-state index in [4.69, 9.17) is 14.2 Å². The lowest BCUT2D eigenvalue weighted by Crippen LogP contribution is -2.36. The first kappa shape index (κ1) is 24.6. The Bertz CT molecular complexity index is 999. The van der Waals surface area contributed by atoms with Crippen molar-refractivity contribution in [2.24, 2.45) is 0 Å². The van der Waals surface area contributed by atoms with Gasteiger partial charge in [-0.3, -0.25) is 4.79 Å². The van der Waals surface area contributed by atoms with Gasteiger partial charge in [0.25, 0.3) is 5.91 Å². The number of nitrogens with one attached hydrogen (secondary N) is 1. The van der Waals surface area contributed by atoms with E-state index in [1.807, 2.05) is 24.3 Å². The zero-order chi connectivity index (χ0) is 24.0. The number of nitrogens with zero attached hydrogens (tertiary/aromatic N) is 1. The fraction of sp³-hybridized carbons (Fsp3) is 0.458. The van der Waals surface area contributed by atoms with E-state index in [1.54, 1.807) is 18.7 Å². The maximum absolute atomic E-state index is 12.7. The van der Waals surface area contributed by atoms with Gasteiger partial charge in [-0.25, -0.2) is 9.59 Å². The van der Waals surface area contributed by atoms with E-state index in [0.717, 1.165) is 10.4 Å². The number of thiophene rings is 1. The maximum Gasteiger partial charge on any atom is 0.410 e. The van der Waals surface area contributed by atoms with Crippen molar-refractivity contribution in [2.45, 2.75) is 46.6 Å². The Kier molecular flexibility index (Phi) is 8.32. The first-order valence-corrected chi connectivity index (χ1v) is 11.9. The molecule has 33 heavy (non-hydrogen) atoms. The summed E-state index contributed by atoms with van der Waals surface area (Å²) in [5, 5.41) is 3.21. The third-order valence-electron chi connectivity index (χ3n) is 5.23. The number of carbonyl (C=O) groups excluding carboxylic acids is 3. The molecule has 0 saturated carbocycles. The average Bonchev–Trinajstić information content (AvgIpc) is 3.15. The molecule has 0 fully saturated rings. The Balaban J connectivity index is 1.72. The van der Waals surface area contributed by atoms with Gasteiger partial charge >= 0.3 is 12.1 Å². The van der Waals surface area contributed by atoms with Gasteiger partial charge in [-0.15, -0.1) is 11.3 Å². The van der Waals surface area contributed by atoms with E-state index in [0.29, 0.717) is 48.3 Å². The second-order valence-electron chi connectivity index (χ2n) is 7.86. The molecule has 0 saturated heterocycles. The van der Waals surface area contributed by atoms with Crippen LogP contribution in [0.15, 0.2) is 24.3 Å². The Hall–Kier alpha value is -3.07. The van der Waals surface area contributed by atoms with Crippen LogP contribution in [0, 0.1) is 0 Å². The molecule has 2 heterocycles. The first-order chi connectivity index (χ1) is 15.8. The number of benzene rings is 1. The van der Waals surface area contributed by atoms with Gasteiger partial charge in [0.1, 0.15) is 10.8 Å². The number of ether oxygens (including phenoxy) is 3. The minimum atomic E-state index is -0.486. The Morgan fingerprint density at radius 3 is 2.42 bits per heavy atom. The summed E-state index contributed by atoms with van der Waals surface area (Å²) in [6.07, 6.45) is 0.0876. The Labute approximate surface area is 197 Å². The summed E-state index contributed by atoms with van der Waals surface area (Å²) in [5.41, 5.74) is 2.35. The molecule has 8 nitrogen and oxygen atoms in total. The number of rotatable bonds is 8. The van der Waals surface area contributed by atoms with E-state index in [1.165, 1.54) is 16.9 Å². The lowest BCUT2D eigenvalue weighted by molar-refractivity contribution is -0.118. The molecule has 178 valence electrons. The SMILES string of the molecule is CCOC(=O)c1c(NC(=O)COc2ccc(C(C)C)cc2)sc2c1CCN(C(=O)OCC)C2. The van der Waals surface area contributed by atoms with E-state index in [2.05, 4.69) is 19.2 Å². The molecule has 0 atom stereocenters. The van der Waals surface area contributed by atoms with Crippen LogP contribution in [0.2, 0.25) is 0 Å². The molecule has 1 aliphatic rings. The number of esters is 1. The predicted octanol–water partition coefficient (Wildman–Crippen LogP) is 4.58. The van der Waals surface area contributed by atoms with Gasteiger partial charge in [0.15, 0.2) is 6.61 Å². The van der Waals surface area contributed by atoms with E-state index in [-0.39, 0.29) is 19.1 Å². The fourth-order valence-corrected chi connectivity index (χ4v) is 4.81. The highest BCUT2D eigenvalue weighted by Gasteiger charge is 2.31.